The van der Waals surface area contributed by atoms with Gasteiger partial charge in [-0.2, -0.15) is 4.72 Å². The van der Waals surface area contributed by atoms with E-state index in [9.17, 15) is 13.2 Å². The molecule has 110 valence electrons. The molecule has 0 fully saturated rings. The average molecular weight is 299 g/mol. The van der Waals surface area contributed by atoms with Crippen molar-refractivity contribution in [3.8, 4) is 5.75 Å². The lowest BCUT2D eigenvalue weighted by molar-refractivity contribution is -0.138. The fraction of sp³-hybridized carbons (Fsp3) is 0.462. The highest BCUT2D eigenvalue weighted by molar-refractivity contribution is 7.89. The summed E-state index contributed by atoms with van der Waals surface area (Å²) in [5, 5.41) is 8.77. The van der Waals surface area contributed by atoms with Gasteiger partial charge in [-0.1, -0.05) is 0 Å². The van der Waals surface area contributed by atoms with Crippen molar-refractivity contribution >= 4 is 16.0 Å². The third-order valence-corrected chi connectivity index (χ3v) is 4.59. The second-order valence-electron chi connectivity index (χ2n) is 5.49. The zero-order chi connectivity index (χ0) is 15.1. The summed E-state index contributed by atoms with van der Waals surface area (Å²) in [6, 6.07) is 3.36. The van der Waals surface area contributed by atoms with E-state index >= 15 is 0 Å². The van der Waals surface area contributed by atoms with Crippen LogP contribution in [0.25, 0.3) is 0 Å². The molecule has 0 aliphatic carbocycles. The van der Waals surface area contributed by atoms with E-state index in [1.807, 2.05) is 13.8 Å². The summed E-state index contributed by atoms with van der Waals surface area (Å²) in [5.74, 6) is -0.556. The predicted molar refractivity (Wildman–Crippen MR) is 72.3 cm³/mol. The van der Waals surface area contributed by atoms with E-state index in [1.165, 1.54) is 19.1 Å². The first-order valence-electron chi connectivity index (χ1n) is 6.18. The quantitative estimate of drug-likeness (QED) is 0.870. The Morgan fingerprint density at radius 1 is 1.45 bits per heavy atom. The molecule has 6 nitrogen and oxygen atoms in total. The highest BCUT2D eigenvalue weighted by Gasteiger charge is 2.31. The van der Waals surface area contributed by atoms with Gasteiger partial charge < -0.3 is 9.84 Å². The molecule has 1 heterocycles. The van der Waals surface area contributed by atoms with Crippen LogP contribution in [0.4, 0.5) is 0 Å². The van der Waals surface area contributed by atoms with Gasteiger partial charge in [0.05, 0.1) is 4.90 Å². The zero-order valence-corrected chi connectivity index (χ0v) is 12.3. The zero-order valence-electron chi connectivity index (χ0n) is 11.5. The normalized spacial score (nSPS) is 18.1. The van der Waals surface area contributed by atoms with Crippen LogP contribution in [0.2, 0.25) is 0 Å². The van der Waals surface area contributed by atoms with Gasteiger partial charge in [-0.05, 0) is 44.5 Å². The van der Waals surface area contributed by atoms with Crippen LogP contribution in [-0.4, -0.2) is 31.1 Å². The lowest BCUT2D eigenvalue weighted by Gasteiger charge is -2.16. The van der Waals surface area contributed by atoms with Crippen LogP contribution in [-0.2, 0) is 21.2 Å². The summed E-state index contributed by atoms with van der Waals surface area (Å²) in [6.07, 6.45) is 0.611. The number of carbonyl (C=O) groups is 1. The second-order valence-corrected chi connectivity index (χ2v) is 7.20. The molecule has 0 bridgehead atoms. The SMILES string of the molecule is CC(NS(=O)(=O)c1ccc2c(c1)CC(C)(C)O2)C(=O)O. The molecule has 1 aliphatic rings. The molecule has 1 aromatic rings. The van der Waals surface area contributed by atoms with E-state index in [-0.39, 0.29) is 10.5 Å². The smallest absolute Gasteiger partial charge is 0.321 e. The summed E-state index contributed by atoms with van der Waals surface area (Å²) >= 11 is 0. The van der Waals surface area contributed by atoms with Gasteiger partial charge in [-0.15, -0.1) is 0 Å². The topological polar surface area (TPSA) is 92.7 Å². The van der Waals surface area contributed by atoms with Crippen molar-refractivity contribution in [2.45, 2.75) is 43.7 Å². The fourth-order valence-corrected chi connectivity index (χ4v) is 3.35. The van der Waals surface area contributed by atoms with Gasteiger partial charge in [-0.3, -0.25) is 4.79 Å². The molecule has 0 radical (unpaired) electrons. The second kappa shape index (κ2) is 4.75. The minimum absolute atomic E-state index is 0.0469. The minimum Gasteiger partial charge on any atom is -0.487 e. The maximum atomic E-state index is 12.1. The molecule has 1 atom stereocenters. The minimum atomic E-state index is -3.85. The maximum absolute atomic E-state index is 12.1. The Balaban J connectivity index is 2.29. The molecule has 2 rings (SSSR count). The Kier molecular flexibility index (Phi) is 3.51. The van der Waals surface area contributed by atoms with E-state index in [1.54, 1.807) is 6.07 Å². The highest BCUT2D eigenvalue weighted by Crippen LogP contribution is 2.35. The van der Waals surface area contributed by atoms with Crippen molar-refractivity contribution in [1.82, 2.24) is 4.72 Å². The maximum Gasteiger partial charge on any atom is 0.321 e. The Labute approximate surface area is 117 Å². The third kappa shape index (κ3) is 2.94. The molecule has 0 saturated carbocycles. The van der Waals surface area contributed by atoms with Crippen molar-refractivity contribution in [3.05, 3.63) is 23.8 Å². The van der Waals surface area contributed by atoms with Crippen molar-refractivity contribution in [2.24, 2.45) is 0 Å². The predicted octanol–water partition coefficient (Wildman–Crippen LogP) is 1.15. The lowest BCUT2D eigenvalue weighted by Crippen LogP contribution is -2.38. The van der Waals surface area contributed by atoms with E-state index in [4.69, 9.17) is 9.84 Å². The number of benzene rings is 1. The van der Waals surface area contributed by atoms with Crippen LogP contribution in [0, 0.1) is 0 Å². The van der Waals surface area contributed by atoms with Gasteiger partial charge >= 0.3 is 5.97 Å². The summed E-state index contributed by atoms with van der Waals surface area (Å²) in [4.78, 5) is 10.8. The number of hydrogen-bond donors (Lipinski definition) is 2. The summed E-state index contributed by atoms with van der Waals surface area (Å²) in [7, 11) is -3.85. The molecule has 0 amide bonds. The van der Waals surface area contributed by atoms with E-state index in [0.29, 0.717) is 12.2 Å². The number of carboxylic acid groups (broad SMARTS) is 1. The summed E-state index contributed by atoms with van der Waals surface area (Å²) in [5.41, 5.74) is 0.452. The average Bonchev–Trinajstić information content (AvgIpc) is 2.60. The first-order chi connectivity index (χ1) is 9.11. The van der Waals surface area contributed by atoms with Gasteiger partial charge in [0.25, 0.3) is 0 Å². The van der Waals surface area contributed by atoms with E-state index in [0.717, 1.165) is 5.56 Å². The first-order valence-corrected chi connectivity index (χ1v) is 7.66. The Morgan fingerprint density at radius 3 is 2.70 bits per heavy atom. The number of rotatable bonds is 4. The molecule has 0 spiro atoms. The number of ether oxygens (including phenoxy) is 1. The largest absolute Gasteiger partial charge is 0.487 e. The van der Waals surface area contributed by atoms with Gasteiger partial charge in [0.1, 0.15) is 17.4 Å². The fourth-order valence-electron chi connectivity index (χ4n) is 2.10. The monoisotopic (exact) mass is 299 g/mol. The molecule has 2 N–H and O–H groups in total. The van der Waals surface area contributed by atoms with Crippen LogP contribution in [0.3, 0.4) is 0 Å². The number of nitrogens with one attached hydrogen (secondary N) is 1. The molecular formula is C13H17NO5S. The molecule has 0 aromatic heterocycles. The van der Waals surface area contributed by atoms with Crippen molar-refractivity contribution < 1.29 is 23.1 Å². The Morgan fingerprint density at radius 2 is 2.10 bits per heavy atom. The van der Waals surface area contributed by atoms with Gasteiger partial charge in [0, 0.05) is 6.42 Å². The number of carboxylic acids is 1. The van der Waals surface area contributed by atoms with Crippen LogP contribution >= 0.6 is 0 Å². The van der Waals surface area contributed by atoms with Gasteiger partial charge in [0.2, 0.25) is 10.0 Å². The Bertz CT molecular complexity index is 651. The van der Waals surface area contributed by atoms with Crippen molar-refractivity contribution in [2.75, 3.05) is 0 Å². The van der Waals surface area contributed by atoms with Crippen LogP contribution in [0.5, 0.6) is 5.75 Å². The molecule has 7 heteroatoms. The summed E-state index contributed by atoms with van der Waals surface area (Å²) in [6.45, 7) is 5.12. The van der Waals surface area contributed by atoms with Crippen LogP contribution in [0.1, 0.15) is 26.3 Å². The number of hydrogen-bond acceptors (Lipinski definition) is 4. The standard InChI is InChI=1S/C13H17NO5S/c1-8(12(15)16)14-20(17,18)10-4-5-11-9(6-10)7-13(2,3)19-11/h4-6,8,14H,7H2,1-3H3,(H,15,16). The molecule has 1 aliphatic heterocycles. The molecule has 0 saturated heterocycles. The highest BCUT2D eigenvalue weighted by atomic mass is 32.2. The Hall–Kier alpha value is -1.60. The van der Waals surface area contributed by atoms with E-state index < -0.39 is 22.0 Å². The molecule has 1 aromatic carbocycles. The van der Waals surface area contributed by atoms with Crippen LogP contribution in [0.15, 0.2) is 23.1 Å². The van der Waals surface area contributed by atoms with Crippen molar-refractivity contribution in [3.63, 3.8) is 0 Å². The van der Waals surface area contributed by atoms with Crippen molar-refractivity contribution in [1.29, 1.82) is 0 Å². The molecule has 1 unspecified atom stereocenters. The lowest BCUT2D eigenvalue weighted by atomic mass is 10.0. The van der Waals surface area contributed by atoms with Gasteiger partial charge in [0.15, 0.2) is 0 Å². The summed E-state index contributed by atoms with van der Waals surface area (Å²) < 4.78 is 32.0. The third-order valence-electron chi connectivity index (χ3n) is 3.05. The van der Waals surface area contributed by atoms with Crippen LogP contribution < -0.4 is 9.46 Å². The molecule has 20 heavy (non-hydrogen) atoms. The van der Waals surface area contributed by atoms with Gasteiger partial charge in [-0.25, -0.2) is 8.42 Å². The molecular weight excluding hydrogens is 282 g/mol. The number of aliphatic carboxylic acids is 1. The van der Waals surface area contributed by atoms with E-state index in [2.05, 4.69) is 4.72 Å². The first kappa shape index (κ1) is 14.8. The number of sulfonamides is 1. The number of fused-ring (bicyclic) bond motifs is 1.